The van der Waals surface area contributed by atoms with Gasteiger partial charge in [-0.05, 0) is 18.4 Å². The zero-order chi connectivity index (χ0) is 14.6. The van der Waals surface area contributed by atoms with Crippen molar-refractivity contribution in [2.45, 2.75) is 46.2 Å². The highest BCUT2D eigenvalue weighted by Gasteiger charge is 2.31. The molecule has 1 atom stereocenters. The molecule has 20 heavy (non-hydrogen) atoms. The molecule has 0 aromatic carbocycles. The highest BCUT2D eigenvalue weighted by atomic mass is 16.5. The van der Waals surface area contributed by atoms with Crippen LogP contribution in [0.4, 0.5) is 0 Å². The van der Waals surface area contributed by atoms with Gasteiger partial charge in [0.25, 0.3) is 0 Å². The molecule has 4 nitrogen and oxygen atoms in total. The Balaban J connectivity index is 1.74. The summed E-state index contributed by atoms with van der Waals surface area (Å²) in [7, 11) is 0. The summed E-state index contributed by atoms with van der Waals surface area (Å²) >= 11 is 0. The third kappa shape index (κ3) is 4.99. The van der Waals surface area contributed by atoms with Gasteiger partial charge in [0.05, 0.1) is 13.2 Å². The summed E-state index contributed by atoms with van der Waals surface area (Å²) in [5.74, 6) is 0. The summed E-state index contributed by atoms with van der Waals surface area (Å²) in [4.78, 5) is 5.28. The monoisotopic (exact) mass is 283 g/mol. The van der Waals surface area contributed by atoms with E-state index in [9.17, 15) is 0 Å². The number of morpholine rings is 1. The first-order chi connectivity index (χ1) is 9.46. The van der Waals surface area contributed by atoms with E-state index in [0.717, 1.165) is 38.9 Å². The van der Waals surface area contributed by atoms with Crippen molar-refractivity contribution in [2.75, 3.05) is 52.5 Å². The third-order valence-electron chi connectivity index (χ3n) is 4.45. The Bertz CT molecular complexity index is 287. The Morgan fingerprint density at radius 2 is 1.90 bits per heavy atom. The molecule has 118 valence electrons. The summed E-state index contributed by atoms with van der Waals surface area (Å²) in [5, 5.41) is 3.58. The van der Waals surface area contributed by atoms with Crippen molar-refractivity contribution in [3.8, 4) is 0 Å². The van der Waals surface area contributed by atoms with Crippen LogP contribution in [0, 0.1) is 5.41 Å². The fourth-order valence-corrected chi connectivity index (χ4v) is 3.34. The molecule has 0 aliphatic carbocycles. The number of ether oxygens (including phenoxy) is 1. The first kappa shape index (κ1) is 16.2. The second-order valence-electron chi connectivity index (χ2n) is 7.53. The zero-order valence-electron chi connectivity index (χ0n) is 13.8. The largest absolute Gasteiger partial charge is 0.379 e. The normalized spacial score (nSPS) is 26.6. The van der Waals surface area contributed by atoms with E-state index in [2.05, 4.69) is 42.8 Å². The highest BCUT2D eigenvalue weighted by molar-refractivity contribution is 4.87. The van der Waals surface area contributed by atoms with Crippen LogP contribution < -0.4 is 5.32 Å². The van der Waals surface area contributed by atoms with Gasteiger partial charge in [0, 0.05) is 44.8 Å². The molecule has 2 heterocycles. The summed E-state index contributed by atoms with van der Waals surface area (Å²) < 4.78 is 5.46. The average molecular weight is 283 g/mol. The molecule has 0 aromatic heterocycles. The first-order valence-corrected chi connectivity index (χ1v) is 8.24. The van der Waals surface area contributed by atoms with Crippen LogP contribution in [0.25, 0.3) is 0 Å². The average Bonchev–Trinajstić information content (AvgIpc) is 2.85. The van der Waals surface area contributed by atoms with Crippen LogP contribution in [0.5, 0.6) is 0 Å². The SMILES string of the molecule is CC(C)NCC(C)(C)CN1CCC(N2CCOCC2)C1. The Labute approximate surface area is 124 Å². The van der Waals surface area contributed by atoms with Crippen LogP contribution >= 0.6 is 0 Å². The molecular formula is C16H33N3O. The zero-order valence-corrected chi connectivity index (χ0v) is 13.8. The predicted molar refractivity (Wildman–Crippen MR) is 84.2 cm³/mol. The van der Waals surface area contributed by atoms with E-state index in [0.29, 0.717) is 11.5 Å². The molecule has 0 radical (unpaired) electrons. The van der Waals surface area contributed by atoms with Gasteiger partial charge in [-0.25, -0.2) is 0 Å². The van der Waals surface area contributed by atoms with Gasteiger partial charge in [-0.15, -0.1) is 0 Å². The fourth-order valence-electron chi connectivity index (χ4n) is 3.34. The number of hydrogen-bond donors (Lipinski definition) is 1. The molecule has 0 aromatic rings. The van der Waals surface area contributed by atoms with Gasteiger partial charge in [-0.3, -0.25) is 4.90 Å². The highest BCUT2D eigenvalue weighted by Crippen LogP contribution is 2.22. The van der Waals surface area contributed by atoms with Crippen molar-refractivity contribution in [2.24, 2.45) is 5.41 Å². The van der Waals surface area contributed by atoms with Crippen LogP contribution in [0.15, 0.2) is 0 Å². The Kier molecular flexibility index (Phi) is 5.84. The van der Waals surface area contributed by atoms with E-state index < -0.39 is 0 Å². The van der Waals surface area contributed by atoms with Gasteiger partial charge >= 0.3 is 0 Å². The maximum absolute atomic E-state index is 5.46. The van der Waals surface area contributed by atoms with E-state index in [-0.39, 0.29) is 0 Å². The van der Waals surface area contributed by atoms with E-state index in [1.54, 1.807) is 0 Å². The quantitative estimate of drug-likeness (QED) is 0.798. The lowest BCUT2D eigenvalue weighted by atomic mass is 9.92. The van der Waals surface area contributed by atoms with Gasteiger partial charge in [0.15, 0.2) is 0 Å². The molecule has 1 N–H and O–H groups in total. The molecule has 0 bridgehead atoms. The topological polar surface area (TPSA) is 27.7 Å². The van der Waals surface area contributed by atoms with E-state index in [1.165, 1.54) is 26.1 Å². The molecule has 0 spiro atoms. The number of rotatable bonds is 6. The van der Waals surface area contributed by atoms with Crippen molar-refractivity contribution in [3.63, 3.8) is 0 Å². The van der Waals surface area contributed by atoms with Crippen LogP contribution in [-0.4, -0.2) is 74.4 Å². The second-order valence-corrected chi connectivity index (χ2v) is 7.53. The first-order valence-electron chi connectivity index (χ1n) is 8.24. The lowest BCUT2D eigenvalue weighted by molar-refractivity contribution is 0.0178. The van der Waals surface area contributed by atoms with E-state index in [1.807, 2.05) is 0 Å². The molecule has 2 saturated heterocycles. The lowest BCUT2D eigenvalue weighted by Gasteiger charge is -2.34. The van der Waals surface area contributed by atoms with Gasteiger partial charge < -0.3 is 15.0 Å². The molecular weight excluding hydrogens is 250 g/mol. The minimum atomic E-state index is 0.351. The Morgan fingerprint density at radius 3 is 2.55 bits per heavy atom. The van der Waals surface area contributed by atoms with Gasteiger partial charge in [0.1, 0.15) is 0 Å². The minimum absolute atomic E-state index is 0.351. The molecule has 0 amide bonds. The van der Waals surface area contributed by atoms with E-state index >= 15 is 0 Å². The van der Waals surface area contributed by atoms with Gasteiger partial charge in [0.2, 0.25) is 0 Å². The number of nitrogens with zero attached hydrogens (tertiary/aromatic N) is 2. The van der Waals surface area contributed by atoms with Crippen molar-refractivity contribution in [1.29, 1.82) is 0 Å². The number of hydrogen-bond acceptors (Lipinski definition) is 4. The molecule has 2 aliphatic rings. The number of nitrogens with one attached hydrogen (secondary N) is 1. The van der Waals surface area contributed by atoms with Crippen LogP contribution in [-0.2, 0) is 4.74 Å². The Hall–Kier alpha value is -0.160. The predicted octanol–water partition coefficient (Wildman–Crippen LogP) is 1.42. The summed E-state index contributed by atoms with van der Waals surface area (Å²) in [6.07, 6.45) is 1.33. The van der Waals surface area contributed by atoms with Crippen molar-refractivity contribution in [3.05, 3.63) is 0 Å². The standard InChI is InChI=1S/C16H33N3O/c1-14(2)17-12-16(3,4)13-18-6-5-15(11-18)19-7-9-20-10-8-19/h14-15,17H,5-13H2,1-4H3. The molecule has 1 unspecified atom stereocenters. The van der Waals surface area contributed by atoms with Crippen molar-refractivity contribution in [1.82, 2.24) is 15.1 Å². The molecule has 0 saturated carbocycles. The van der Waals surface area contributed by atoms with Crippen LogP contribution in [0.1, 0.15) is 34.1 Å². The lowest BCUT2D eigenvalue weighted by Crippen LogP contribution is -2.46. The summed E-state index contributed by atoms with van der Waals surface area (Å²) in [6, 6.07) is 1.33. The summed E-state index contributed by atoms with van der Waals surface area (Å²) in [5.41, 5.74) is 0.351. The molecule has 4 heteroatoms. The third-order valence-corrected chi connectivity index (χ3v) is 4.45. The smallest absolute Gasteiger partial charge is 0.0594 e. The molecule has 2 aliphatic heterocycles. The van der Waals surface area contributed by atoms with Crippen molar-refractivity contribution >= 4 is 0 Å². The molecule has 2 rings (SSSR count). The fraction of sp³-hybridized carbons (Fsp3) is 1.00. The maximum atomic E-state index is 5.46. The second kappa shape index (κ2) is 7.21. The summed E-state index contributed by atoms with van der Waals surface area (Å²) in [6.45, 7) is 18.1. The van der Waals surface area contributed by atoms with Crippen LogP contribution in [0.2, 0.25) is 0 Å². The maximum Gasteiger partial charge on any atom is 0.0594 e. The van der Waals surface area contributed by atoms with E-state index in [4.69, 9.17) is 4.74 Å². The minimum Gasteiger partial charge on any atom is -0.379 e. The van der Waals surface area contributed by atoms with Gasteiger partial charge in [-0.1, -0.05) is 27.7 Å². The molecule has 2 fully saturated rings. The number of likely N-dealkylation sites (tertiary alicyclic amines) is 1. The van der Waals surface area contributed by atoms with Crippen molar-refractivity contribution < 1.29 is 4.74 Å². The Morgan fingerprint density at radius 1 is 1.20 bits per heavy atom. The van der Waals surface area contributed by atoms with Gasteiger partial charge in [-0.2, -0.15) is 0 Å². The van der Waals surface area contributed by atoms with Crippen LogP contribution in [0.3, 0.4) is 0 Å².